The normalized spacial score (nSPS) is 13.7. The number of hydrogen-bond donors (Lipinski definition) is 1. The van der Waals surface area contributed by atoms with Crippen LogP contribution in [-0.4, -0.2) is 28.3 Å². The molecule has 4 aromatic rings. The number of aryl methyl sites for hydroxylation is 1. The van der Waals surface area contributed by atoms with Crippen LogP contribution in [-0.2, 0) is 11.3 Å². The van der Waals surface area contributed by atoms with E-state index >= 15 is 0 Å². The van der Waals surface area contributed by atoms with E-state index in [1.54, 1.807) is 29.8 Å². The lowest BCUT2D eigenvalue weighted by atomic mass is 9.84. The molecule has 0 spiro atoms. The first-order valence-electron chi connectivity index (χ1n) is 13.8. The lowest BCUT2D eigenvalue weighted by Gasteiger charge is -2.22. The maximum Gasteiger partial charge on any atom is 0.358 e. The molecule has 1 aliphatic carbocycles. The maximum atomic E-state index is 12.8. The van der Waals surface area contributed by atoms with Crippen molar-refractivity contribution >= 4 is 11.9 Å². The number of benzene rings is 3. The number of amides is 1. The highest BCUT2D eigenvalue weighted by molar-refractivity contribution is 5.94. The molecule has 1 fully saturated rings. The van der Waals surface area contributed by atoms with Gasteiger partial charge in [-0.2, -0.15) is 5.10 Å². The molecule has 0 atom stereocenters. The molecular weight excluding hydrogens is 486 g/mol. The van der Waals surface area contributed by atoms with Gasteiger partial charge in [-0.25, -0.2) is 9.48 Å². The zero-order valence-corrected chi connectivity index (χ0v) is 22.7. The highest BCUT2D eigenvalue weighted by atomic mass is 16.5. The topological polar surface area (TPSA) is 73.2 Å². The van der Waals surface area contributed by atoms with Crippen LogP contribution in [0.1, 0.15) is 82.5 Å². The molecule has 0 saturated heterocycles. The Morgan fingerprint density at radius 2 is 1.69 bits per heavy atom. The molecule has 0 unspecified atom stereocenters. The number of carbonyl (C=O) groups excluding carboxylic acids is 2. The largest absolute Gasteiger partial charge is 0.461 e. The fourth-order valence-corrected chi connectivity index (χ4v) is 5.31. The van der Waals surface area contributed by atoms with E-state index in [9.17, 15) is 9.59 Å². The first-order valence-corrected chi connectivity index (χ1v) is 13.8. The van der Waals surface area contributed by atoms with Crippen molar-refractivity contribution in [1.29, 1.82) is 0 Å². The first-order chi connectivity index (χ1) is 19.0. The second kappa shape index (κ2) is 12.1. The van der Waals surface area contributed by atoms with Gasteiger partial charge in [0, 0.05) is 17.7 Å². The van der Waals surface area contributed by atoms with Crippen LogP contribution in [0.3, 0.4) is 0 Å². The summed E-state index contributed by atoms with van der Waals surface area (Å²) in [6, 6.07) is 25.7. The quantitative estimate of drug-likeness (QED) is 0.253. The van der Waals surface area contributed by atoms with Crippen LogP contribution in [0, 0.1) is 6.92 Å². The molecule has 3 aromatic carbocycles. The maximum absolute atomic E-state index is 12.8. The van der Waals surface area contributed by atoms with E-state index in [2.05, 4.69) is 40.7 Å². The molecule has 1 aromatic heterocycles. The Hall–Kier alpha value is -4.19. The standard InChI is InChI=1S/C33H35N3O3/c1-3-39-33(38)30-21-31(27-14-12-26(13-15-27)25-10-5-4-6-11-25)36(35-30)29-18-16-28(17-19-29)32(37)34-22-24-9-7-8-23(2)20-24/h7-9,12-21,25H,3-6,10-11,22H2,1-2H3,(H,34,37). The Morgan fingerprint density at radius 1 is 0.949 bits per heavy atom. The van der Waals surface area contributed by atoms with Crippen molar-refractivity contribution in [3.8, 4) is 16.9 Å². The van der Waals surface area contributed by atoms with Gasteiger partial charge in [0.1, 0.15) is 0 Å². The average molecular weight is 522 g/mol. The van der Waals surface area contributed by atoms with E-state index in [-0.39, 0.29) is 18.2 Å². The third-order valence-corrected chi connectivity index (χ3v) is 7.39. The highest BCUT2D eigenvalue weighted by Gasteiger charge is 2.20. The molecule has 0 bridgehead atoms. The summed E-state index contributed by atoms with van der Waals surface area (Å²) in [4.78, 5) is 25.3. The minimum atomic E-state index is -0.455. The minimum Gasteiger partial charge on any atom is -0.461 e. The van der Waals surface area contributed by atoms with Crippen molar-refractivity contribution in [3.05, 3.63) is 107 Å². The SMILES string of the molecule is CCOC(=O)c1cc(-c2ccc(C3CCCCC3)cc2)n(-c2ccc(C(=O)NCc3cccc(C)c3)cc2)n1. The smallest absolute Gasteiger partial charge is 0.358 e. The number of ether oxygens (including phenoxy) is 1. The summed E-state index contributed by atoms with van der Waals surface area (Å²) in [5.74, 6) is 0.0233. The number of nitrogens with one attached hydrogen (secondary N) is 1. The van der Waals surface area contributed by atoms with Gasteiger partial charge >= 0.3 is 5.97 Å². The fourth-order valence-electron chi connectivity index (χ4n) is 5.31. The molecule has 1 heterocycles. The predicted octanol–water partition coefficient (Wildman–Crippen LogP) is 7.00. The predicted molar refractivity (Wildman–Crippen MR) is 153 cm³/mol. The molecule has 5 rings (SSSR count). The molecular formula is C33H35N3O3. The Bertz CT molecular complexity index is 1430. The van der Waals surface area contributed by atoms with Crippen LogP contribution in [0.4, 0.5) is 0 Å². The Labute approximate surface area is 230 Å². The van der Waals surface area contributed by atoms with Gasteiger partial charge in [-0.3, -0.25) is 4.79 Å². The van der Waals surface area contributed by atoms with Gasteiger partial charge in [0.05, 0.1) is 18.0 Å². The van der Waals surface area contributed by atoms with Crippen LogP contribution >= 0.6 is 0 Å². The zero-order valence-electron chi connectivity index (χ0n) is 22.7. The summed E-state index contributed by atoms with van der Waals surface area (Å²) in [5, 5.41) is 7.57. The van der Waals surface area contributed by atoms with E-state index in [1.807, 2.05) is 37.3 Å². The molecule has 39 heavy (non-hydrogen) atoms. The summed E-state index contributed by atoms with van der Waals surface area (Å²) in [6.07, 6.45) is 6.41. The third-order valence-electron chi connectivity index (χ3n) is 7.39. The van der Waals surface area contributed by atoms with Gasteiger partial charge < -0.3 is 10.1 Å². The second-order valence-electron chi connectivity index (χ2n) is 10.2. The number of aromatic nitrogens is 2. The number of rotatable bonds is 8. The van der Waals surface area contributed by atoms with Gasteiger partial charge in [-0.15, -0.1) is 0 Å². The van der Waals surface area contributed by atoms with Crippen molar-refractivity contribution < 1.29 is 14.3 Å². The van der Waals surface area contributed by atoms with Crippen LogP contribution in [0.5, 0.6) is 0 Å². The zero-order chi connectivity index (χ0) is 27.2. The molecule has 6 heteroatoms. The monoisotopic (exact) mass is 521 g/mol. The second-order valence-corrected chi connectivity index (χ2v) is 10.2. The van der Waals surface area contributed by atoms with Crippen LogP contribution < -0.4 is 5.32 Å². The van der Waals surface area contributed by atoms with E-state index in [4.69, 9.17) is 4.74 Å². The molecule has 1 saturated carbocycles. The van der Waals surface area contributed by atoms with E-state index in [0.29, 0.717) is 18.0 Å². The molecule has 200 valence electrons. The Morgan fingerprint density at radius 3 is 2.38 bits per heavy atom. The number of carbonyl (C=O) groups is 2. The van der Waals surface area contributed by atoms with Crippen LogP contribution in [0.15, 0.2) is 78.9 Å². The van der Waals surface area contributed by atoms with Gasteiger partial charge in [-0.1, -0.05) is 73.4 Å². The average Bonchev–Trinajstić information content (AvgIpc) is 3.43. The number of esters is 1. The molecule has 0 radical (unpaired) electrons. The Kier molecular flexibility index (Phi) is 8.21. The molecule has 6 nitrogen and oxygen atoms in total. The summed E-state index contributed by atoms with van der Waals surface area (Å²) >= 11 is 0. The van der Waals surface area contributed by atoms with Crippen LogP contribution in [0.2, 0.25) is 0 Å². The fraction of sp³-hybridized carbons (Fsp3) is 0.303. The summed E-state index contributed by atoms with van der Waals surface area (Å²) in [6.45, 7) is 4.56. The van der Waals surface area contributed by atoms with E-state index in [0.717, 1.165) is 28.1 Å². The molecule has 0 aliphatic heterocycles. The van der Waals surface area contributed by atoms with Crippen molar-refractivity contribution in [3.63, 3.8) is 0 Å². The third kappa shape index (κ3) is 6.28. The van der Waals surface area contributed by atoms with E-state index in [1.165, 1.54) is 37.7 Å². The highest BCUT2D eigenvalue weighted by Crippen LogP contribution is 2.34. The van der Waals surface area contributed by atoms with Gasteiger partial charge in [0.25, 0.3) is 5.91 Å². The summed E-state index contributed by atoms with van der Waals surface area (Å²) < 4.78 is 6.97. The summed E-state index contributed by atoms with van der Waals surface area (Å²) in [7, 11) is 0. The van der Waals surface area contributed by atoms with Crippen LogP contribution in [0.25, 0.3) is 16.9 Å². The van der Waals surface area contributed by atoms with Crippen molar-refractivity contribution in [2.24, 2.45) is 0 Å². The number of nitrogens with zero attached hydrogens (tertiary/aromatic N) is 2. The van der Waals surface area contributed by atoms with Crippen molar-refractivity contribution in [2.45, 2.75) is 58.4 Å². The molecule has 1 N–H and O–H groups in total. The summed E-state index contributed by atoms with van der Waals surface area (Å²) in [5.41, 5.74) is 6.92. The number of hydrogen-bond acceptors (Lipinski definition) is 4. The molecule has 1 aliphatic rings. The lowest BCUT2D eigenvalue weighted by molar-refractivity contribution is 0.0518. The van der Waals surface area contributed by atoms with Crippen molar-refractivity contribution in [2.75, 3.05) is 6.61 Å². The van der Waals surface area contributed by atoms with Crippen molar-refractivity contribution in [1.82, 2.24) is 15.1 Å². The lowest BCUT2D eigenvalue weighted by Crippen LogP contribution is -2.22. The molecule has 1 amide bonds. The van der Waals surface area contributed by atoms with E-state index < -0.39 is 5.97 Å². The minimum absolute atomic E-state index is 0.144. The first kappa shape index (κ1) is 26.4. The van der Waals surface area contributed by atoms with Gasteiger partial charge in [-0.05, 0) is 74.1 Å². The Balaban J connectivity index is 1.38. The van der Waals surface area contributed by atoms with Gasteiger partial charge in [0.15, 0.2) is 5.69 Å². The van der Waals surface area contributed by atoms with Gasteiger partial charge in [0.2, 0.25) is 0 Å².